The first-order chi connectivity index (χ1) is 7.72. The van der Waals surface area contributed by atoms with E-state index in [1.807, 2.05) is 29.2 Å². The van der Waals surface area contributed by atoms with Gasteiger partial charge in [-0.15, -0.1) is 11.6 Å². The fourth-order valence-corrected chi connectivity index (χ4v) is 2.26. The maximum Gasteiger partial charge on any atom is 0.238 e. The molecule has 0 spiro atoms. The van der Waals surface area contributed by atoms with Crippen LogP contribution in [0.2, 0.25) is 0 Å². The molecule has 2 nitrogen and oxygen atoms in total. The lowest BCUT2D eigenvalue weighted by atomic mass is 10.2. The van der Waals surface area contributed by atoms with Gasteiger partial charge in [-0.1, -0.05) is 34.1 Å². The molecule has 0 heterocycles. The molecule has 0 saturated heterocycles. The minimum absolute atomic E-state index is 0.0277. The molecule has 0 atom stereocenters. The minimum atomic E-state index is 0.0277. The molecule has 1 amide bonds. The molecular formula is C12H13BrClNO. The van der Waals surface area contributed by atoms with Crippen molar-refractivity contribution in [2.45, 2.75) is 25.4 Å². The molecular weight excluding hydrogens is 289 g/mol. The lowest BCUT2D eigenvalue weighted by Crippen LogP contribution is -2.33. The van der Waals surface area contributed by atoms with Gasteiger partial charge in [0.05, 0.1) is 0 Å². The molecule has 1 saturated carbocycles. The normalized spacial score (nSPS) is 14.9. The van der Waals surface area contributed by atoms with Gasteiger partial charge in [-0.25, -0.2) is 0 Å². The van der Waals surface area contributed by atoms with Crippen LogP contribution in [0, 0.1) is 0 Å². The molecule has 0 radical (unpaired) electrons. The fraction of sp³-hybridized carbons (Fsp3) is 0.417. The molecule has 2 rings (SSSR count). The Balaban J connectivity index is 2.11. The third-order valence-corrected chi connectivity index (χ3v) is 3.72. The van der Waals surface area contributed by atoms with E-state index in [0.717, 1.165) is 22.9 Å². The van der Waals surface area contributed by atoms with Crippen molar-refractivity contribution in [1.82, 2.24) is 4.90 Å². The summed E-state index contributed by atoms with van der Waals surface area (Å²) in [7, 11) is 0. The van der Waals surface area contributed by atoms with Crippen LogP contribution in [0.1, 0.15) is 18.4 Å². The predicted octanol–water partition coefficient (Wildman–Crippen LogP) is 3.18. The van der Waals surface area contributed by atoms with Crippen molar-refractivity contribution >= 4 is 33.4 Å². The number of amides is 1. The molecule has 1 aromatic rings. The SMILES string of the molecule is O=C(CCl)N(Cc1ccccc1Br)C1CC1. The Hall–Kier alpha value is -0.540. The van der Waals surface area contributed by atoms with Gasteiger partial charge >= 0.3 is 0 Å². The van der Waals surface area contributed by atoms with E-state index in [0.29, 0.717) is 12.6 Å². The maximum absolute atomic E-state index is 11.7. The summed E-state index contributed by atoms with van der Waals surface area (Å²) in [6, 6.07) is 8.37. The Morgan fingerprint density at radius 1 is 1.44 bits per heavy atom. The highest BCUT2D eigenvalue weighted by Crippen LogP contribution is 2.30. The number of benzene rings is 1. The summed E-state index contributed by atoms with van der Waals surface area (Å²) in [5.41, 5.74) is 1.13. The van der Waals surface area contributed by atoms with E-state index in [4.69, 9.17) is 11.6 Å². The van der Waals surface area contributed by atoms with Crippen molar-refractivity contribution in [3.8, 4) is 0 Å². The average Bonchev–Trinajstić information content (AvgIpc) is 3.11. The summed E-state index contributed by atoms with van der Waals surface area (Å²) in [5, 5.41) is 0. The molecule has 0 aromatic heterocycles. The number of alkyl halides is 1. The van der Waals surface area contributed by atoms with E-state index >= 15 is 0 Å². The van der Waals surface area contributed by atoms with Gasteiger partial charge in [-0.3, -0.25) is 4.79 Å². The van der Waals surface area contributed by atoms with Crippen molar-refractivity contribution in [1.29, 1.82) is 0 Å². The van der Waals surface area contributed by atoms with Gasteiger partial charge in [-0.05, 0) is 24.5 Å². The number of hydrogen-bond donors (Lipinski definition) is 0. The lowest BCUT2D eigenvalue weighted by Gasteiger charge is -2.22. The van der Waals surface area contributed by atoms with E-state index < -0.39 is 0 Å². The molecule has 1 aromatic carbocycles. The molecule has 0 bridgehead atoms. The molecule has 1 aliphatic rings. The average molecular weight is 303 g/mol. The van der Waals surface area contributed by atoms with E-state index in [1.165, 1.54) is 0 Å². The van der Waals surface area contributed by atoms with Gasteiger partial charge < -0.3 is 4.90 Å². The van der Waals surface area contributed by atoms with E-state index in [9.17, 15) is 4.79 Å². The smallest absolute Gasteiger partial charge is 0.238 e. The van der Waals surface area contributed by atoms with Crippen molar-refractivity contribution < 1.29 is 4.79 Å². The quantitative estimate of drug-likeness (QED) is 0.782. The van der Waals surface area contributed by atoms with Crippen molar-refractivity contribution in [3.05, 3.63) is 34.3 Å². The van der Waals surface area contributed by atoms with E-state index in [1.54, 1.807) is 0 Å². The van der Waals surface area contributed by atoms with Crippen LogP contribution in [0.15, 0.2) is 28.7 Å². The number of hydrogen-bond acceptors (Lipinski definition) is 1. The van der Waals surface area contributed by atoms with Gasteiger partial charge in [0.25, 0.3) is 0 Å². The van der Waals surface area contributed by atoms with Gasteiger partial charge in [0.2, 0.25) is 5.91 Å². The Kier molecular flexibility index (Phi) is 3.87. The van der Waals surface area contributed by atoms with Crippen molar-refractivity contribution in [2.24, 2.45) is 0 Å². The predicted molar refractivity (Wildman–Crippen MR) is 68.4 cm³/mol. The van der Waals surface area contributed by atoms with Crippen LogP contribution in [-0.4, -0.2) is 22.7 Å². The molecule has 0 N–H and O–H groups in total. The fourth-order valence-electron chi connectivity index (χ4n) is 1.69. The van der Waals surface area contributed by atoms with Crippen LogP contribution in [-0.2, 0) is 11.3 Å². The Morgan fingerprint density at radius 3 is 2.69 bits per heavy atom. The van der Waals surface area contributed by atoms with Gasteiger partial charge in [0.1, 0.15) is 5.88 Å². The molecule has 86 valence electrons. The third kappa shape index (κ3) is 2.77. The zero-order valence-corrected chi connectivity index (χ0v) is 11.2. The van der Waals surface area contributed by atoms with Crippen LogP contribution in [0.4, 0.5) is 0 Å². The summed E-state index contributed by atoms with van der Waals surface area (Å²) in [5.74, 6) is 0.0981. The second-order valence-electron chi connectivity index (χ2n) is 3.98. The highest BCUT2D eigenvalue weighted by Gasteiger charge is 2.32. The summed E-state index contributed by atoms with van der Waals surface area (Å²) < 4.78 is 1.04. The number of carbonyl (C=O) groups is 1. The van der Waals surface area contributed by atoms with Crippen molar-refractivity contribution in [2.75, 3.05) is 5.88 Å². The standard InChI is InChI=1S/C12H13BrClNO/c13-11-4-2-1-3-9(11)8-15(10-5-6-10)12(16)7-14/h1-4,10H,5-8H2. The zero-order chi connectivity index (χ0) is 11.5. The maximum atomic E-state index is 11.7. The zero-order valence-electron chi connectivity index (χ0n) is 8.83. The lowest BCUT2D eigenvalue weighted by molar-refractivity contribution is -0.129. The molecule has 0 unspecified atom stereocenters. The second-order valence-corrected chi connectivity index (χ2v) is 5.10. The number of halogens is 2. The summed E-state index contributed by atoms with van der Waals surface area (Å²) in [4.78, 5) is 13.6. The number of carbonyl (C=O) groups excluding carboxylic acids is 1. The van der Waals surface area contributed by atoms with Gasteiger partial charge in [-0.2, -0.15) is 0 Å². The van der Waals surface area contributed by atoms with Gasteiger partial charge in [0, 0.05) is 17.1 Å². The largest absolute Gasteiger partial charge is 0.334 e. The highest BCUT2D eigenvalue weighted by atomic mass is 79.9. The molecule has 0 aliphatic heterocycles. The second kappa shape index (κ2) is 5.19. The molecule has 4 heteroatoms. The minimum Gasteiger partial charge on any atom is -0.334 e. The first kappa shape index (κ1) is 11.9. The summed E-state index contributed by atoms with van der Waals surface area (Å²) in [6.45, 7) is 0.650. The van der Waals surface area contributed by atoms with Crippen LogP contribution in [0.25, 0.3) is 0 Å². The molecule has 16 heavy (non-hydrogen) atoms. The Labute approximate surface area is 109 Å². The summed E-state index contributed by atoms with van der Waals surface area (Å²) >= 11 is 9.12. The number of nitrogens with zero attached hydrogens (tertiary/aromatic N) is 1. The van der Waals surface area contributed by atoms with E-state index in [2.05, 4.69) is 15.9 Å². The van der Waals surface area contributed by atoms with Crippen LogP contribution in [0.5, 0.6) is 0 Å². The Bertz CT molecular complexity index is 392. The van der Waals surface area contributed by atoms with Gasteiger partial charge in [0.15, 0.2) is 0 Å². The van der Waals surface area contributed by atoms with E-state index in [-0.39, 0.29) is 11.8 Å². The first-order valence-electron chi connectivity index (χ1n) is 5.31. The monoisotopic (exact) mass is 301 g/mol. The number of rotatable bonds is 4. The molecule has 1 fully saturated rings. The third-order valence-electron chi connectivity index (χ3n) is 2.72. The molecule has 1 aliphatic carbocycles. The van der Waals surface area contributed by atoms with Crippen molar-refractivity contribution in [3.63, 3.8) is 0 Å². The summed E-state index contributed by atoms with van der Waals surface area (Å²) in [6.07, 6.45) is 2.21. The van der Waals surface area contributed by atoms with Crippen LogP contribution < -0.4 is 0 Å². The first-order valence-corrected chi connectivity index (χ1v) is 6.64. The highest BCUT2D eigenvalue weighted by molar-refractivity contribution is 9.10. The topological polar surface area (TPSA) is 20.3 Å². The van der Waals surface area contributed by atoms with Crippen LogP contribution in [0.3, 0.4) is 0 Å². The van der Waals surface area contributed by atoms with Crippen LogP contribution >= 0.6 is 27.5 Å². The Morgan fingerprint density at radius 2 is 2.12 bits per heavy atom.